The molecule has 11 rings (SSSR count). The minimum atomic E-state index is 1.07. The van der Waals surface area contributed by atoms with E-state index < -0.39 is 0 Å². The minimum absolute atomic E-state index is 1.07. The number of benzene rings is 9. The second-order valence-electron chi connectivity index (χ2n) is 14.8. The van der Waals surface area contributed by atoms with Crippen molar-refractivity contribution in [1.29, 1.82) is 0 Å². The number of hydrogen-bond donors (Lipinski definition) is 0. The van der Waals surface area contributed by atoms with E-state index in [9.17, 15) is 0 Å². The van der Waals surface area contributed by atoms with Crippen LogP contribution in [0.1, 0.15) is 17.5 Å². The monoisotopic (exact) mass is 714 g/mol. The van der Waals surface area contributed by atoms with Gasteiger partial charge in [-0.3, -0.25) is 0 Å². The van der Waals surface area contributed by atoms with E-state index >= 15 is 0 Å². The number of para-hydroxylation sites is 1. The Labute approximate surface area is 326 Å². The number of nitrogens with zero attached hydrogens (tertiary/aromatic N) is 2. The lowest BCUT2D eigenvalue weighted by molar-refractivity contribution is 0.989. The Hall–Kier alpha value is -7.16. The number of fused-ring (bicyclic) bond motifs is 8. The molecule has 0 amide bonds. The maximum absolute atomic E-state index is 2.49. The molecule has 0 unspecified atom stereocenters. The number of hydrogen-bond acceptors (Lipinski definition) is 1. The SMILES string of the molecule is C1=Cc2c(ccc3c2c2c4ccccc4c(-c4ccccc4)cc2n3-c2ccc(N(c3ccccc3)c3ccc(-c4ccc5ccccc5c4)cc3)cc2)CC1. The molecule has 2 nitrogen and oxygen atoms in total. The van der Waals surface area contributed by atoms with Gasteiger partial charge in [-0.15, -0.1) is 0 Å². The maximum Gasteiger partial charge on any atom is 0.0553 e. The Kier molecular flexibility index (Phi) is 7.67. The molecule has 0 radical (unpaired) electrons. The second kappa shape index (κ2) is 13.3. The zero-order valence-electron chi connectivity index (χ0n) is 30.9. The van der Waals surface area contributed by atoms with Crippen LogP contribution in [0.3, 0.4) is 0 Å². The van der Waals surface area contributed by atoms with Gasteiger partial charge in [-0.1, -0.05) is 140 Å². The average molecular weight is 715 g/mol. The highest BCUT2D eigenvalue weighted by Crippen LogP contribution is 2.45. The molecule has 0 N–H and O–H groups in total. The molecule has 0 fully saturated rings. The molecule has 10 aromatic rings. The third-order valence-corrected chi connectivity index (χ3v) is 11.6. The van der Waals surface area contributed by atoms with E-state index in [2.05, 4.69) is 216 Å². The summed E-state index contributed by atoms with van der Waals surface area (Å²) in [5, 5.41) is 7.74. The molecule has 264 valence electrons. The summed E-state index contributed by atoms with van der Waals surface area (Å²) in [6.45, 7) is 0. The molecular formula is C54H38N2. The standard InChI is InChI=1S/C54H38N2/c1-3-14-39(15-4-1)50-36-52-54(49-22-12-11-21-48(49)50)53-47-20-10-9-16-40(47)27-34-51(53)56(52)46-32-30-45(31-33-46)55(43-18-5-2-6-19-43)44-28-25-38(26-29-44)42-24-23-37-13-7-8-17-41(37)35-42/h1-8,10-15,17-36H,9,16H2. The lowest BCUT2D eigenvalue weighted by Crippen LogP contribution is -2.10. The number of aryl methyl sites for hydroxylation is 1. The molecule has 0 saturated heterocycles. The topological polar surface area (TPSA) is 8.17 Å². The van der Waals surface area contributed by atoms with Crippen LogP contribution in [0.2, 0.25) is 0 Å². The number of allylic oxidation sites excluding steroid dienone is 1. The Morgan fingerprint density at radius 1 is 0.429 bits per heavy atom. The summed E-state index contributed by atoms with van der Waals surface area (Å²) in [5.74, 6) is 0. The summed E-state index contributed by atoms with van der Waals surface area (Å²) in [5.41, 5.74) is 14.6. The van der Waals surface area contributed by atoms with Crippen molar-refractivity contribution in [3.63, 3.8) is 0 Å². The predicted octanol–water partition coefficient (Wildman–Crippen LogP) is 14.9. The van der Waals surface area contributed by atoms with Gasteiger partial charge < -0.3 is 9.47 Å². The predicted molar refractivity (Wildman–Crippen MR) is 239 cm³/mol. The van der Waals surface area contributed by atoms with E-state index in [-0.39, 0.29) is 0 Å². The van der Waals surface area contributed by atoms with Crippen molar-refractivity contribution in [1.82, 2.24) is 4.57 Å². The minimum Gasteiger partial charge on any atom is -0.311 e. The number of aromatic nitrogens is 1. The fraction of sp³-hybridized carbons (Fsp3) is 0.0370. The van der Waals surface area contributed by atoms with Gasteiger partial charge >= 0.3 is 0 Å². The maximum atomic E-state index is 2.49. The van der Waals surface area contributed by atoms with Crippen molar-refractivity contribution >= 4 is 66.5 Å². The molecular weight excluding hydrogens is 677 g/mol. The van der Waals surface area contributed by atoms with E-state index in [1.54, 1.807) is 0 Å². The first-order valence-corrected chi connectivity index (χ1v) is 19.6. The van der Waals surface area contributed by atoms with Crippen LogP contribution in [0.25, 0.3) is 77.4 Å². The third kappa shape index (κ3) is 5.33. The van der Waals surface area contributed by atoms with Gasteiger partial charge in [0, 0.05) is 33.5 Å². The zero-order chi connectivity index (χ0) is 37.0. The van der Waals surface area contributed by atoms with E-state index in [0.29, 0.717) is 0 Å². The first-order chi connectivity index (χ1) is 27.8. The van der Waals surface area contributed by atoms with Crippen molar-refractivity contribution in [2.24, 2.45) is 0 Å². The lowest BCUT2D eigenvalue weighted by Gasteiger charge is -2.26. The van der Waals surface area contributed by atoms with Gasteiger partial charge in [-0.05, 0) is 134 Å². The van der Waals surface area contributed by atoms with E-state index in [4.69, 9.17) is 0 Å². The first-order valence-electron chi connectivity index (χ1n) is 19.6. The third-order valence-electron chi connectivity index (χ3n) is 11.6. The van der Waals surface area contributed by atoms with E-state index in [0.717, 1.165) is 35.6 Å². The molecule has 56 heavy (non-hydrogen) atoms. The molecule has 1 aliphatic carbocycles. The molecule has 1 heterocycles. The largest absolute Gasteiger partial charge is 0.311 e. The Morgan fingerprint density at radius 2 is 1.07 bits per heavy atom. The van der Waals surface area contributed by atoms with E-state index in [1.807, 2.05) is 0 Å². The summed E-state index contributed by atoms with van der Waals surface area (Å²) in [6, 6.07) is 70.9. The van der Waals surface area contributed by atoms with Crippen molar-refractivity contribution in [3.05, 3.63) is 211 Å². The fourth-order valence-corrected chi connectivity index (χ4v) is 8.96. The Balaban J connectivity index is 1.07. The van der Waals surface area contributed by atoms with Gasteiger partial charge in [-0.25, -0.2) is 0 Å². The summed E-state index contributed by atoms with van der Waals surface area (Å²) < 4.78 is 2.49. The van der Waals surface area contributed by atoms with Crippen molar-refractivity contribution in [2.75, 3.05) is 4.90 Å². The Morgan fingerprint density at radius 3 is 1.86 bits per heavy atom. The summed E-state index contributed by atoms with van der Waals surface area (Å²) in [7, 11) is 0. The highest BCUT2D eigenvalue weighted by molar-refractivity contribution is 6.26. The molecule has 1 aromatic heterocycles. The van der Waals surface area contributed by atoms with Crippen LogP contribution in [0.15, 0.2) is 200 Å². The number of rotatable bonds is 6. The highest BCUT2D eigenvalue weighted by atomic mass is 15.1. The smallest absolute Gasteiger partial charge is 0.0553 e. The summed E-state index contributed by atoms with van der Waals surface area (Å²) >= 11 is 0. The van der Waals surface area contributed by atoms with Crippen LogP contribution in [0.4, 0.5) is 17.1 Å². The van der Waals surface area contributed by atoms with E-state index in [1.165, 1.54) is 76.7 Å². The first kappa shape index (κ1) is 32.3. The van der Waals surface area contributed by atoms with Gasteiger partial charge in [0.25, 0.3) is 0 Å². The molecule has 9 aromatic carbocycles. The molecule has 2 heteroatoms. The van der Waals surface area contributed by atoms with Gasteiger partial charge in [0.2, 0.25) is 0 Å². The van der Waals surface area contributed by atoms with Crippen LogP contribution < -0.4 is 4.90 Å². The molecule has 0 saturated carbocycles. The van der Waals surface area contributed by atoms with Gasteiger partial charge in [0.1, 0.15) is 0 Å². The normalized spacial score (nSPS) is 12.4. The molecule has 0 aliphatic heterocycles. The summed E-state index contributed by atoms with van der Waals surface area (Å²) in [4.78, 5) is 2.35. The highest BCUT2D eigenvalue weighted by Gasteiger charge is 2.22. The van der Waals surface area contributed by atoms with Gasteiger partial charge in [0.15, 0.2) is 0 Å². The van der Waals surface area contributed by atoms with Crippen molar-refractivity contribution < 1.29 is 0 Å². The van der Waals surface area contributed by atoms with Gasteiger partial charge in [0.05, 0.1) is 11.0 Å². The van der Waals surface area contributed by atoms with Crippen molar-refractivity contribution in [2.45, 2.75) is 12.8 Å². The molecule has 1 aliphatic rings. The zero-order valence-corrected chi connectivity index (χ0v) is 30.9. The van der Waals surface area contributed by atoms with Crippen LogP contribution >= 0.6 is 0 Å². The quantitative estimate of drug-likeness (QED) is 0.166. The van der Waals surface area contributed by atoms with Crippen LogP contribution in [-0.4, -0.2) is 4.57 Å². The van der Waals surface area contributed by atoms with Crippen LogP contribution in [0.5, 0.6) is 0 Å². The lowest BCUT2D eigenvalue weighted by atomic mass is 9.90. The average Bonchev–Trinajstić information content (AvgIpc) is 3.62. The van der Waals surface area contributed by atoms with Gasteiger partial charge in [-0.2, -0.15) is 0 Å². The Bertz CT molecular complexity index is 3100. The van der Waals surface area contributed by atoms with Crippen molar-refractivity contribution in [3.8, 4) is 27.9 Å². The van der Waals surface area contributed by atoms with Crippen LogP contribution in [0, 0.1) is 0 Å². The second-order valence-corrected chi connectivity index (χ2v) is 14.8. The van der Waals surface area contributed by atoms with Crippen LogP contribution in [-0.2, 0) is 6.42 Å². The molecule has 0 bridgehead atoms. The number of anilines is 3. The molecule has 0 atom stereocenters. The fourth-order valence-electron chi connectivity index (χ4n) is 8.96. The molecule has 0 spiro atoms. The summed E-state index contributed by atoms with van der Waals surface area (Å²) in [6.07, 6.45) is 6.85.